The SMILES string of the molecule is COc1cc(C2CC(=O)CC(OC(C)=O)CCC34C=CC=CC3CC=CC4c3c[nH]cc3CC(c3cccc(O)c3)C3=CCNC(=C3)N(CCC(C)=O)c3ccc(CO)c4cn2cc34)cc(O)c1O. The molecule has 5 aromatic rings. The molecule has 0 radical (unpaired) electrons. The highest BCUT2D eigenvalue weighted by atomic mass is 16.5. The van der Waals surface area contributed by atoms with Crippen LogP contribution < -0.4 is 15.0 Å². The molecule has 6 unspecified atom stereocenters. The van der Waals surface area contributed by atoms with E-state index in [1.165, 1.54) is 20.1 Å². The van der Waals surface area contributed by atoms with Crippen LogP contribution in [0.3, 0.4) is 0 Å². The van der Waals surface area contributed by atoms with Gasteiger partial charge >= 0.3 is 5.97 Å². The fraction of sp³-hybridized carbons (Fsp3) is 0.339. The first kappa shape index (κ1) is 46.8. The van der Waals surface area contributed by atoms with E-state index in [-0.39, 0.29) is 66.7 Å². The standard InChI is InChI=1S/C56H60N4O9/c1-34(62)17-21-60-50-14-13-38(33-61)47-31-59(32-48(47)50)51(39-24-52(66)55(67)53(25-39)68-3)28-43(65)27-44(69-35(2)63)15-19-56-18-5-4-9-41(56)10-7-12-49(56)46-30-57-29-40(46)23-45(36-8-6-11-42(64)22-36)37-16-20-58-54(60)26-37/h4-9,11-14,16,18,22,24-26,29-32,41,44-45,49,51,57-58,61,64,66-67H,10,15,17,19-21,23,27-28,33H2,1-3H3. The van der Waals surface area contributed by atoms with Gasteiger partial charge in [0, 0.05) is 92.1 Å². The minimum absolute atomic E-state index is 0.00902. The van der Waals surface area contributed by atoms with Gasteiger partial charge in [0.15, 0.2) is 11.5 Å². The monoisotopic (exact) mass is 932 g/mol. The normalized spacial score (nSPS) is 23.7. The Morgan fingerprint density at radius 3 is 2.57 bits per heavy atom. The maximum atomic E-state index is 14.7. The maximum absolute atomic E-state index is 14.7. The number of aromatic hydroxyl groups is 3. The van der Waals surface area contributed by atoms with E-state index in [1.807, 2.05) is 47.3 Å². The van der Waals surface area contributed by atoms with Crippen molar-refractivity contribution in [2.45, 2.75) is 89.4 Å². The van der Waals surface area contributed by atoms with Crippen molar-refractivity contribution in [3.63, 3.8) is 0 Å². The summed E-state index contributed by atoms with van der Waals surface area (Å²) in [5, 5.41) is 48.4. The van der Waals surface area contributed by atoms with E-state index in [0.717, 1.165) is 45.6 Å². The number of allylic oxidation sites excluding steroid dienone is 8. The first-order valence-corrected chi connectivity index (χ1v) is 23.8. The van der Waals surface area contributed by atoms with Gasteiger partial charge in [0.05, 0.1) is 25.4 Å². The molecule has 1 spiro atoms. The molecule has 3 aromatic carbocycles. The van der Waals surface area contributed by atoms with E-state index in [9.17, 15) is 34.8 Å². The van der Waals surface area contributed by atoms with Gasteiger partial charge in [-0.2, -0.15) is 0 Å². The van der Waals surface area contributed by atoms with Crippen LogP contribution in [-0.2, 0) is 32.1 Å². The van der Waals surface area contributed by atoms with Gasteiger partial charge in [-0.1, -0.05) is 60.7 Å². The number of dihydropyridines is 1. The van der Waals surface area contributed by atoms with Crippen molar-refractivity contribution < 1.29 is 44.3 Å². The van der Waals surface area contributed by atoms with Crippen LogP contribution in [0.15, 0.2) is 133 Å². The fourth-order valence-corrected chi connectivity index (χ4v) is 11.2. The molecule has 358 valence electrons. The number of esters is 1. The average Bonchev–Trinajstić information content (AvgIpc) is 4.00. The lowest BCUT2D eigenvalue weighted by Crippen LogP contribution is -2.38. The number of benzene rings is 3. The third kappa shape index (κ3) is 9.48. The molecule has 9 rings (SSSR count). The minimum atomic E-state index is -0.763. The Labute approximate surface area is 401 Å². The largest absolute Gasteiger partial charge is 0.508 e. The summed E-state index contributed by atoms with van der Waals surface area (Å²) >= 11 is 0. The number of phenolic OH excluding ortho intramolecular Hbond substituents is 3. The lowest BCUT2D eigenvalue weighted by atomic mass is 9.57. The summed E-state index contributed by atoms with van der Waals surface area (Å²) in [5.41, 5.74) is 5.66. The van der Waals surface area contributed by atoms with Crippen LogP contribution >= 0.6 is 0 Å². The van der Waals surface area contributed by atoms with Crippen molar-refractivity contribution in [3.8, 4) is 23.0 Å². The number of H-pyrrole nitrogens is 1. The van der Waals surface area contributed by atoms with Crippen molar-refractivity contribution in [1.82, 2.24) is 14.9 Å². The number of phenols is 3. The molecule has 4 heterocycles. The van der Waals surface area contributed by atoms with Crippen LogP contribution in [0, 0.1) is 11.3 Å². The Morgan fingerprint density at radius 2 is 1.78 bits per heavy atom. The summed E-state index contributed by atoms with van der Waals surface area (Å²) in [5.74, 6) is -0.723. The number of aliphatic hydroxyl groups is 1. The van der Waals surface area contributed by atoms with Crippen LogP contribution in [0.4, 0.5) is 5.69 Å². The highest BCUT2D eigenvalue weighted by Crippen LogP contribution is 2.55. The summed E-state index contributed by atoms with van der Waals surface area (Å²) < 4.78 is 13.4. The molecule has 0 saturated carbocycles. The van der Waals surface area contributed by atoms with Gasteiger partial charge in [-0.3, -0.25) is 14.4 Å². The molecule has 6 N–H and O–H groups in total. The number of hydrogen-bond donors (Lipinski definition) is 6. The molecule has 13 heteroatoms. The number of nitrogens with one attached hydrogen (secondary N) is 2. The highest BCUT2D eigenvalue weighted by molar-refractivity contribution is 5.97. The van der Waals surface area contributed by atoms with E-state index < -0.39 is 35.0 Å². The van der Waals surface area contributed by atoms with Crippen molar-refractivity contribution in [3.05, 3.63) is 161 Å². The van der Waals surface area contributed by atoms with Gasteiger partial charge in [0.25, 0.3) is 0 Å². The summed E-state index contributed by atoms with van der Waals surface area (Å²) in [6.45, 7) is 3.46. The van der Waals surface area contributed by atoms with Crippen LogP contribution in [0.5, 0.6) is 23.0 Å². The molecule has 0 amide bonds. The zero-order valence-corrected chi connectivity index (χ0v) is 39.2. The first-order chi connectivity index (χ1) is 33.3. The lowest BCUT2D eigenvalue weighted by molar-refractivity contribution is -0.148. The molecule has 0 fully saturated rings. The predicted octanol–water partition coefficient (Wildman–Crippen LogP) is 9.21. The van der Waals surface area contributed by atoms with Crippen molar-refractivity contribution in [2.75, 3.05) is 25.1 Å². The Balaban J connectivity index is 1.26. The van der Waals surface area contributed by atoms with Gasteiger partial charge in [0.1, 0.15) is 29.2 Å². The Morgan fingerprint density at radius 1 is 0.942 bits per heavy atom. The molecular formula is C56H60N4O9. The Hall–Kier alpha value is -7.25. The summed E-state index contributed by atoms with van der Waals surface area (Å²) in [7, 11) is 1.38. The van der Waals surface area contributed by atoms with Gasteiger partial charge in [-0.15, -0.1) is 0 Å². The van der Waals surface area contributed by atoms with Crippen molar-refractivity contribution >= 4 is 34.0 Å². The van der Waals surface area contributed by atoms with Crippen molar-refractivity contribution in [1.29, 1.82) is 0 Å². The van der Waals surface area contributed by atoms with Gasteiger partial charge < -0.3 is 49.7 Å². The number of ketones is 2. The molecule has 4 aliphatic rings. The average molecular weight is 933 g/mol. The second kappa shape index (κ2) is 19.8. The molecule has 0 saturated heterocycles. The fourth-order valence-electron chi connectivity index (χ4n) is 11.2. The number of aliphatic hydroxyl groups excluding tert-OH is 1. The van der Waals surface area contributed by atoms with Crippen LogP contribution in [0.25, 0.3) is 10.8 Å². The van der Waals surface area contributed by atoms with E-state index >= 15 is 0 Å². The summed E-state index contributed by atoms with van der Waals surface area (Å²) in [6, 6.07) is 13.5. The number of nitrogens with zero attached hydrogens (tertiary/aromatic N) is 2. The van der Waals surface area contributed by atoms with Crippen LogP contribution in [-0.4, -0.2) is 73.8 Å². The maximum Gasteiger partial charge on any atom is 0.302 e. The zero-order chi connectivity index (χ0) is 48.4. The quantitative estimate of drug-likeness (QED) is 0.0495. The highest BCUT2D eigenvalue weighted by Gasteiger charge is 2.46. The molecule has 2 aliphatic carbocycles. The lowest BCUT2D eigenvalue weighted by Gasteiger charge is -2.47. The van der Waals surface area contributed by atoms with Gasteiger partial charge in [-0.25, -0.2) is 0 Å². The van der Waals surface area contributed by atoms with Crippen LogP contribution in [0.1, 0.15) is 98.1 Å². The number of methoxy groups -OCH3 is 1. The zero-order valence-electron chi connectivity index (χ0n) is 39.2. The number of carbonyl (C=O) groups excluding carboxylic acids is 3. The predicted molar refractivity (Wildman–Crippen MR) is 264 cm³/mol. The molecule has 69 heavy (non-hydrogen) atoms. The second-order valence-corrected chi connectivity index (χ2v) is 18.9. The number of carbonyl (C=O) groups is 3. The Kier molecular flexibility index (Phi) is 13.4. The first-order valence-electron chi connectivity index (χ1n) is 23.8. The molecule has 2 aliphatic heterocycles. The number of aromatic amines is 1. The van der Waals surface area contributed by atoms with E-state index in [1.54, 1.807) is 19.1 Å². The number of fused-ring (bicyclic) bond motifs is 4. The van der Waals surface area contributed by atoms with E-state index in [0.29, 0.717) is 48.9 Å². The molecule has 4 bridgehead atoms. The Bertz CT molecular complexity index is 2940. The number of hydrogen-bond acceptors (Lipinski definition) is 11. The molecule has 13 nitrogen and oxygen atoms in total. The number of aromatic nitrogens is 2. The third-order valence-corrected chi connectivity index (χ3v) is 14.6. The third-order valence-electron chi connectivity index (χ3n) is 14.6. The molecule has 2 aromatic heterocycles. The smallest absolute Gasteiger partial charge is 0.302 e. The molecular weight excluding hydrogens is 873 g/mol. The number of Topliss-reactive ketones (excluding diaryl/α,β-unsaturated/α-hetero) is 2. The second-order valence-electron chi connectivity index (χ2n) is 18.9. The van der Waals surface area contributed by atoms with Gasteiger partial charge in [-0.05, 0) is 108 Å². The van der Waals surface area contributed by atoms with Crippen LogP contribution in [0.2, 0.25) is 0 Å². The van der Waals surface area contributed by atoms with E-state index in [2.05, 4.69) is 76.2 Å². The number of anilines is 1. The minimum Gasteiger partial charge on any atom is -0.508 e. The van der Waals surface area contributed by atoms with E-state index in [4.69, 9.17) is 9.47 Å². The molecule has 6 atom stereocenters. The summed E-state index contributed by atoms with van der Waals surface area (Å²) in [4.78, 5) is 45.9. The summed E-state index contributed by atoms with van der Waals surface area (Å²) in [6.07, 6.45) is 27.3. The topological polar surface area (TPSA) is 187 Å². The van der Waals surface area contributed by atoms with Crippen molar-refractivity contribution in [2.24, 2.45) is 11.3 Å². The number of ether oxygens (including phenoxy) is 2. The number of rotatable bonds is 8. The van der Waals surface area contributed by atoms with Gasteiger partial charge in [0.2, 0.25) is 5.75 Å².